The molecule has 0 spiro atoms. The van der Waals surface area contributed by atoms with Gasteiger partial charge in [0.1, 0.15) is 23.7 Å². The maximum absolute atomic E-state index is 12.7. The summed E-state index contributed by atoms with van der Waals surface area (Å²) in [4.78, 5) is 47.7. The molecule has 2 aromatic rings. The van der Waals surface area contributed by atoms with E-state index in [4.69, 9.17) is 33.2 Å². The smallest absolute Gasteiger partial charge is 0.338 e. The molecular weight excluding hydrogens is 536 g/mol. The standard InChI is InChI=1S/C30H30O11/c1-3-25(31)36-16-6-5-15-35-21-11-7-19(8-12-21)29(33)40-23-17-37-28-24(18-38-27(23)28)41-30(34)20-9-13-22(14-10-20)39-26(32)4-2/h3-4,7-14,23-24,27-28H,1-2,5-6,15-18H2/t23-,24+,27?,28?/m0/s1. The SMILES string of the molecule is C=CC(=O)OCCCCOc1ccc(C(=O)O[C@H]2COC3C2OC[C@H]3OC(=O)c2ccc(OC(=O)C=C)cc2)cc1. The Bertz CT molecular complexity index is 1250. The first-order chi connectivity index (χ1) is 19.9. The van der Waals surface area contributed by atoms with Crippen molar-refractivity contribution in [1.29, 1.82) is 0 Å². The van der Waals surface area contributed by atoms with Crippen LogP contribution < -0.4 is 9.47 Å². The summed E-state index contributed by atoms with van der Waals surface area (Å²) < 4.78 is 38.3. The molecule has 0 saturated carbocycles. The summed E-state index contributed by atoms with van der Waals surface area (Å²) in [5.41, 5.74) is 0.592. The summed E-state index contributed by atoms with van der Waals surface area (Å²) in [5, 5.41) is 0. The van der Waals surface area contributed by atoms with Crippen molar-refractivity contribution in [3.05, 3.63) is 85.0 Å². The van der Waals surface area contributed by atoms with Crippen LogP contribution in [0.15, 0.2) is 73.8 Å². The van der Waals surface area contributed by atoms with E-state index in [0.717, 1.165) is 12.2 Å². The number of hydrogen-bond acceptors (Lipinski definition) is 11. The Kier molecular flexibility index (Phi) is 10.2. The van der Waals surface area contributed by atoms with E-state index in [-0.39, 0.29) is 24.5 Å². The molecule has 4 rings (SSSR count). The van der Waals surface area contributed by atoms with Crippen LogP contribution in [-0.2, 0) is 33.3 Å². The predicted molar refractivity (Wildman–Crippen MR) is 142 cm³/mol. The van der Waals surface area contributed by atoms with Gasteiger partial charge in [-0.3, -0.25) is 0 Å². The number of esters is 4. The minimum atomic E-state index is -0.681. The predicted octanol–water partition coefficient (Wildman–Crippen LogP) is 3.21. The van der Waals surface area contributed by atoms with Crippen molar-refractivity contribution in [1.82, 2.24) is 0 Å². The fraction of sp³-hybridized carbons (Fsp3) is 0.333. The van der Waals surface area contributed by atoms with E-state index < -0.39 is 48.3 Å². The van der Waals surface area contributed by atoms with Crippen LogP contribution in [0.3, 0.4) is 0 Å². The van der Waals surface area contributed by atoms with Gasteiger partial charge in [0.05, 0.1) is 37.6 Å². The molecule has 2 aliphatic rings. The Morgan fingerprint density at radius 1 is 0.707 bits per heavy atom. The van der Waals surface area contributed by atoms with Crippen molar-refractivity contribution in [3.63, 3.8) is 0 Å². The second-order valence-corrected chi connectivity index (χ2v) is 9.08. The van der Waals surface area contributed by atoms with Gasteiger partial charge in [-0.05, 0) is 61.4 Å². The summed E-state index contributed by atoms with van der Waals surface area (Å²) in [5.74, 6) is -1.35. The largest absolute Gasteiger partial charge is 0.494 e. The zero-order valence-electron chi connectivity index (χ0n) is 22.2. The van der Waals surface area contributed by atoms with Crippen molar-refractivity contribution in [2.75, 3.05) is 26.4 Å². The topological polar surface area (TPSA) is 133 Å². The van der Waals surface area contributed by atoms with Gasteiger partial charge in [0.2, 0.25) is 0 Å². The molecule has 2 unspecified atom stereocenters. The van der Waals surface area contributed by atoms with Crippen LogP contribution in [0.1, 0.15) is 33.6 Å². The summed E-state index contributed by atoms with van der Waals surface area (Å²) in [6.07, 6.45) is 0.990. The molecule has 2 fully saturated rings. The Morgan fingerprint density at radius 2 is 1.20 bits per heavy atom. The Morgan fingerprint density at radius 3 is 1.71 bits per heavy atom. The number of hydrogen-bond donors (Lipinski definition) is 0. The highest BCUT2D eigenvalue weighted by Crippen LogP contribution is 2.31. The van der Waals surface area contributed by atoms with Gasteiger partial charge in [0.25, 0.3) is 0 Å². The average Bonchev–Trinajstić information content (AvgIpc) is 3.58. The maximum Gasteiger partial charge on any atom is 0.338 e. The van der Waals surface area contributed by atoms with Gasteiger partial charge < -0.3 is 33.2 Å². The van der Waals surface area contributed by atoms with Gasteiger partial charge in [-0.15, -0.1) is 0 Å². The summed E-state index contributed by atoms with van der Waals surface area (Å²) in [6, 6.07) is 12.4. The molecule has 2 saturated heterocycles. The van der Waals surface area contributed by atoms with Crippen LogP contribution in [0.5, 0.6) is 11.5 Å². The lowest BCUT2D eigenvalue weighted by Gasteiger charge is -2.17. The van der Waals surface area contributed by atoms with Gasteiger partial charge in [-0.1, -0.05) is 13.2 Å². The highest BCUT2D eigenvalue weighted by Gasteiger charge is 2.51. The fourth-order valence-corrected chi connectivity index (χ4v) is 4.17. The highest BCUT2D eigenvalue weighted by molar-refractivity contribution is 5.90. The Hall–Kier alpha value is -4.48. The second kappa shape index (κ2) is 14.2. The molecule has 0 N–H and O–H groups in total. The van der Waals surface area contributed by atoms with E-state index in [1.165, 1.54) is 24.3 Å². The fourth-order valence-electron chi connectivity index (χ4n) is 4.17. The van der Waals surface area contributed by atoms with E-state index >= 15 is 0 Å². The van der Waals surface area contributed by atoms with Crippen LogP contribution in [0.4, 0.5) is 0 Å². The number of fused-ring (bicyclic) bond motifs is 1. The van der Waals surface area contributed by atoms with Crippen LogP contribution >= 0.6 is 0 Å². The van der Waals surface area contributed by atoms with E-state index in [1.807, 2.05) is 0 Å². The molecule has 0 bridgehead atoms. The maximum atomic E-state index is 12.7. The normalized spacial score (nSPS) is 20.8. The van der Waals surface area contributed by atoms with E-state index in [0.29, 0.717) is 37.4 Å². The lowest BCUT2D eigenvalue weighted by molar-refractivity contribution is -0.138. The van der Waals surface area contributed by atoms with Crippen LogP contribution in [0.25, 0.3) is 0 Å². The molecule has 4 atom stereocenters. The van der Waals surface area contributed by atoms with Crippen molar-refractivity contribution in [2.45, 2.75) is 37.3 Å². The first-order valence-corrected chi connectivity index (χ1v) is 13.0. The van der Waals surface area contributed by atoms with Crippen molar-refractivity contribution in [2.24, 2.45) is 0 Å². The monoisotopic (exact) mass is 566 g/mol. The molecule has 2 aromatic carbocycles. The highest BCUT2D eigenvalue weighted by atomic mass is 16.7. The molecule has 2 aliphatic heterocycles. The van der Waals surface area contributed by atoms with Crippen molar-refractivity contribution < 1.29 is 52.3 Å². The summed E-state index contributed by atoms with van der Waals surface area (Å²) in [6.45, 7) is 7.58. The number of ether oxygens (including phenoxy) is 7. The number of carbonyl (C=O) groups is 4. The van der Waals surface area contributed by atoms with Gasteiger partial charge in [-0.2, -0.15) is 0 Å². The third kappa shape index (κ3) is 8.03. The minimum Gasteiger partial charge on any atom is -0.494 e. The zero-order chi connectivity index (χ0) is 29.2. The quantitative estimate of drug-likeness (QED) is 0.116. The lowest BCUT2D eigenvalue weighted by atomic mass is 10.1. The number of carbonyl (C=O) groups excluding carboxylic acids is 4. The van der Waals surface area contributed by atoms with E-state index in [2.05, 4.69) is 13.2 Å². The van der Waals surface area contributed by atoms with Crippen LogP contribution in [0, 0.1) is 0 Å². The third-order valence-electron chi connectivity index (χ3n) is 6.26. The van der Waals surface area contributed by atoms with Crippen LogP contribution in [0.2, 0.25) is 0 Å². The van der Waals surface area contributed by atoms with Crippen molar-refractivity contribution >= 4 is 23.9 Å². The summed E-state index contributed by atoms with van der Waals surface area (Å²) in [7, 11) is 0. The zero-order valence-corrected chi connectivity index (χ0v) is 22.2. The first kappa shape index (κ1) is 29.5. The lowest BCUT2D eigenvalue weighted by Crippen LogP contribution is -2.36. The number of unbranched alkanes of at least 4 members (excludes halogenated alkanes) is 1. The number of rotatable bonds is 13. The molecule has 11 nitrogen and oxygen atoms in total. The molecule has 2 heterocycles. The molecule has 11 heteroatoms. The molecule has 0 aliphatic carbocycles. The molecular formula is C30H30O11. The van der Waals surface area contributed by atoms with Gasteiger partial charge in [0, 0.05) is 12.2 Å². The summed E-state index contributed by atoms with van der Waals surface area (Å²) >= 11 is 0. The first-order valence-electron chi connectivity index (χ1n) is 13.0. The van der Waals surface area contributed by atoms with Gasteiger partial charge >= 0.3 is 23.9 Å². The molecule has 216 valence electrons. The van der Waals surface area contributed by atoms with Gasteiger partial charge in [0.15, 0.2) is 12.2 Å². The van der Waals surface area contributed by atoms with Gasteiger partial charge in [-0.25, -0.2) is 19.2 Å². The van der Waals surface area contributed by atoms with Crippen LogP contribution in [-0.4, -0.2) is 74.7 Å². The molecule has 41 heavy (non-hydrogen) atoms. The molecule has 0 aromatic heterocycles. The third-order valence-corrected chi connectivity index (χ3v) is 6.26. The molecule has 0 radical (unpaired) electrons. The average molecular weight is 567 g/mol. The van der Waals surface area contributed by atoms with Crippen molar-refractivity contribution in [3.8, 4) is 11.5 Å². The number of benzene rings is 2. The Labute approximate surface area is 236 Å². The second-order valence-electron chi connectivity index (χ2n) is 9.08. The molecule has 0 amide bonds. The minimum absolute atomic E-state index is 0.0902. The van der Waals surface area contributed by atoms with E-state index in [9.17, 15) is 19.2 Å². The Balaban J connectivity index is 1.21. The van der Waals surface area contributed by atoms with E-state index in [1.54, 1.807) is 24.3 Å².